The minimum Gasteiger partial charge on any atom is -0.293 e. The summed E-state index contributed by atoms with van der Waals surface area (Å²) in [6, 6.07) is 17.7. The second-order valence-electron chi connectivity index (χ2n) is 8.92. The van der Waals surface area contributed by atoms with E-state index in [2.05, 4.69) is 18.2 Å². The predicted molar refractivity (Wildman–Crippen MR) is 130 cm³/mol. The smallest absolute Gasteiger partial charge is 0.258 e. The van der Waals surface area contributed by atoms with Gasteiger partial charge in [-0.25, -0.2) is 4.98 Å². The molecular formula is C27H28N2O2S. The highest BCUT2D eigenvalue weighted by molar-refractivity contribution is 7.99. The molecular weight excluding hydrogens is 416 g/mol. The fourth-order valence-electron chi connectivity index (χ4n) is 5.45. The molecule has 4 nitrogen and oxygen atoms in total. The zero-order chi connectivity index (χ0) is 22.1. The van der Waals surface area contributed by atoms with Gasteiger partial charge < -0.3 is 0 Å². The second-order valence-corrected chi connectivity index (χ2v) is 9.86. The van der Waals surface area contributed by atoms with Crippen molar-refractivity contribution in [1.29, 1.82) is 0 Å². The summed E-state index contributed by atoms with van der Waals surface area (Å²) in [4.78, 5) is 31.7. The van der Waals surface area contributed by atoms with Gasteiger partial charge in [-0.15, -0.1) is 0 Å². The van der Waals surface area contributed by atoms with E-state index in [0.717, 1.165) is 48.9 Å². The molecule has 0 radical (unpaired) electrons. The van der Waals surface area contributed by atoms with Crippen molar-refractivity contribution in [2.24, 2.45) is 0 Å². The summed E-state index contributed by atoms with van der Waals surface area (Å²) >= 11 is 1.37. The van der Waals surface area contributed by atoms with Gasteiger partial charge in [0.2, 0.25) is 0 Å². The summed E-state index contributed by atoms with van der Waals surface area (Å²) in [5, 5.41) is 0.642. The van der Waals surface area contributed by atoms with Gasteiger partial charge in [0, 0.05) is 23.1 Å². The average molecular weight is 445 g/mol. The average Bonchev–Trinajstić information content (AvgIpc) is 2.83. The third-order valence-corrected chi connectivity index (χ3v) is 8.00. The minimum atomic E-state index is -0.105. The number of ketones is 1. The number of aromatic nitrogens is 2. The van der Waals surface area contributed by atoms with Gasteiger partial charge in [0.15, 0.2) is 10.9 Å². The van der Waals surface area contributed by atoms with Crippen molar-refractivity contribution in [2.75, 3.05) is 5.75 Å². The van der Waals surface area contributed by atoms with E-state index in [1.165, 1.54) is 23.7 Å². The Kier molecular flexibility index (Phi) is 5.76. The Balaban J connectivity index is 1.60. The molecule has 0 aliphatic heterocycles. The van der Waals surface area contributed by atoms with Crippen LogP contribution in [-0.2, 0) is 18.4 Å². The number of hydrogen-bond donors (Lipinski definition) is 0. The summed E-state index contributed by atoms with van der Waals surface area (Å²) in [5.41, 5.74) is 4.80. The van der Waals surface area contributed by atoms with Gasteiger partial charge in [-0.05, 0) is 31.7 Å². The molecule has 1 saturated carbocycles. The summed E-state index contributed by atoms with van der Waals surface area (Å²) in [5.74, 6) is 0.316. The summed E-state index contributed by atoms with van der Waals surface area (Å²) < 4.78 is 1.78. The normalized spacial score (nSPS) is 16.4. The number of rotatable bonds is 5. The minimum absolute atomic E-state index is 0.0503. The van der Waals surface area contributed by atoms with Gasteiger partial charge in [0.05, 0.1) is 17.0 Å². The van der Waals surface area contributed by atoms with Crippen molar-refractivity contribution in [1.82, 2.24) is 9.55 Å². The van der Waals surface area contributed by atoms with E-state index in [0.29, 0.717) is 17.3 Å². The standard InChI is InChI=1S/C27H28N2O2S/c1-2-29-25(31)23-24(28-26(29)32-18-22(30)19-11-5-3-6-12-19)21-14-8-7-13-20(21)17-27(23)15-9-4-10-16-27/h3,5-8,11-14H,2,4,9-10,15-18H2,1H3. The van der Waals surface area contributed by atoms with Gasteiger partial charge in [-0.2, -0.15) is 0 Å². The van der Waals surface area contributed by atoms with Gasteiger partial charge in [-0.3, -0.25) is 14.2 Å². The number of hydrogen-bond acceptors (Lipinski definition) is 4. The lowest BCUT2D eigenvalue weighted by Crippen LogP contribution is -2.43. The number of thioether (sulfide) groups is 1. The van der Waals surface area contributed by atoms with Crippen LogP contribution in [0.15, 0.2) is 64.5 Å². The molecule has 32 heavy (non-hydrogen) atoms. The van der Waals surface area contributed by atoms with Crippen LogP contribution in [0.2, 0.25) is 0 Å². The number of carbonyl (C=O) groups excluding carboxylic acids is 1. The maximum absolute atomic E-state index is 13.9. The molecule has 0 bridgehead atoms. The molecule has 1 heterocycles. The third kappa shape index (κ3) is 3.62. The van der Waals surface area contributed by atoms with Crippen molar-refractivity contribution in [2.45, 2.75) is 62.6 Å². The molecule has 2 aliphatic carbocycles. The summed E-state index contributed by atoms with van der Waals surface area (Å²) in [6.07, 6.45) is 6.59. The fraction of sp³-hybridized carbons (Fsp3) is 0.370. The van der Waals surface area contributed by atoms with Crippen molar-refractivity contribution in [3.63, 3.8) is 0 Å². The molecule has 164 valence electrons. The molecule has 5 heteroatoms. The van der Waals surface area contributed by atoms with Gasteiger partial charge in [0.25, 0.3) is 5.56 Å². The van der Waals surface area contributed by atoms with Crippen molar-refractivity contribution >= 4 is 17.5 Å². The van der Waals surface area contributed by atoms with E-state index in [4.69, 9.17) is 4.98 Å². The molecule has 2 aliphatic rings. The Labute approximate surface area is 193 Å². The van der Waals surface area contributed by atoms with Crippen LogP contribution >= 0.6 is 11.8 Å². The largest absolute Gasteiger partial charge is 0.293 e. The highest BCUT2D eigenvalue weighted by Crippen LogP contribution is 2.48. The Morgan fingerprint density at radius 1 is 1.03 bits per heavy atom. The number of nitrogens with zero attached hydrogens (tertiary/aromatic N) is 2. The number of Topliss-reactive ketones (excluding diaryl/α,β-unsaturated/α-hetero) is 1. The van der Waals surface area contributed by atoms with Crippen LogP contribution in [0.4, 0.5) is 0 Å². The second kappa shape index (κ2) is 8.70. The van der Waals surface area contributed by atoms with E-state index >= 15 is 0 Å². The first-order valence-electron chi connectivity index (χ1n) is 11.6. The Bertz CT molecular complexity index is 1210. The van der Waals surface area contributed by atoms with Crippen LogP contribution in [0.3, 0.4) is 0 Å². The van der Waals surface area contributed by atoms with Crippen LogP contribution in [-0.4, -0.2) is 21.1 Å². The predicted octanol–water partition coefficient (Wildman–Crippen LogP) is 5.66. The number of fused-ring (bicyclic) bond motifs is 4. The molecule has 1 fully saturated rings. The lowest BCUT2D eigenvalue weighted by Gasteiger charge is -2.42. The van der Waals surface area contributed by atoms with Gasteiger partial charge in [-0.1, -0.05) is 85.6 Å². The first-order chi connectivity index (χ1) is 15.6. The molecule has 0 saturated heterocycles. The van der Waals surface area contributed by atoms with E-state index in [9.17, 15) is 9.59 Å². The molecule has 0 amide bonds. The zero-order valence-electron chi connectivity index (χ0n) is 18.5. The molecule has 5 rings (SSSR count). The van der Waals surface area contributed by atoms with Crippen LogP contribution in [0.25, 0.3) is 11.3 Å². The summed E-state index contributed by atoms with van der Waals surface area (Å²) in [7, 11) is 0. The lowest BCUT2D eigenvalue weighted by molar-refractivity contribution is 0.102. The molecule has 1 aromatic heterocycles. The van der Waals surface area contributed by atoms with Gasteiger partial charge in [0.1, 0.15) is 0 Å². The van der Waals surface area contributed by atoms with Crippen molar-refractivity contribution in [3.05, 3.63) is 81.6 Å². The number of carbonyl (C=O) groups is 1. The third-order valence-electron chi connectivity index (χ3n) is 7.02. The van der Waals surface area contributed by atoms with Crippen molar-refractivity contribution in [3.8, 4) is 11.3 Å². The molecule has 0 unspecified atom stereocenters. The maximum atomic E-state index is 13.9. The zero-order valence-corrected chi connectivity index (χ0v) is 19.3. The maximum Gasteiger partial charge on any atom is 0.258 e. The molecule has 0 N–H and O–H groups in total. The number of benzene rings is 2. The molecule has 1 spiro atoms. The van der Waals surface area contributed by atoms with E-state index in [1.807, 2.05) is 43.3 Å². The molecule has 3 aromatic rings. The Morgan fingerprint density at radius 2 is 1.75 bits per heavy atom. The lowest BCUT2D eigenvalue weighted by atomic mass is 9.62. The molecule has 2 aromatic carbocycles. The first-order valence-corrected chi connectivity index (χ1v) is 12.6. The summed E-state index contributed by atoms with van der Waals surface area (Å²) in [6.45, 7) is 2.54. The van der Waals surface area contributed by atoms with E-state index in [1.54, 1.807) is 4.57 Å². The highest BCUT2D eigenvalue weighted by atomic mass is 32.2. The Hall–Kier alpha value is -2.66. The van der Waals surface area contributed by atoms with E-state index < -0.39 is 0 Å². The monoisotopic (exact) mass is 444 g/mol. The highest BCUT2D eigenvalue weighted by Gasteiger charge is 2.43. The van der Waals surface area contributed by atoms with Crippen molar-refractivity contribution < 1.29 is 4.79 Å². The van der Waals surface area contributed by atoms with Crippen LogP contribution in [0, 0.1) is 0 Å². The van der Waals surface area contributed by atoms with Gasteiger partial charge >= 0.3 is 0 Å². The van der Waals surface area contributed by atoms with Crippen LogP contribution < -0.4 is 5.56 Å². The Morgan fingerprint density at radius 3 is 2.50 bits per heavy atom. The van der Waals surface area contributed by atoms with Crippen LogP contribution in [0.5, 0.6) is 0 Å². The molecule has 0 atom stereocenters. The SMILES string of the molecule is CCn1c(SCC(=O)c2ccccc2)nc2c(c1=O)C1(CCCCC1)Cc1ccccc1-2. The van der Waals surface area contributed by atoms with E-state index in [-0.39, 0.29) is 22.5 Å². The topological polar surface area (TPSA) is 52.0 Å². The quantitative estimate of drug-likeness (QED) is 0.289. The fourth-order valence-corrected chi connectivity index (χ4v) is 6.40. The van der Waals surface area contributed by atoms with Crippen LogP contribution in [0.1, 0.15) is 60.5 Å². The first kappa shape index (κ1) is 21.2.